The van der Waals surface area contributed by atoms with Gasteiger partial charge in [-0.15, -0.1) is 0 Å². The number of aryl methyl sites for hydroxylation is 1. The van der Waals surface area contributed by atoms with E-state index in [1.54, 1.807) is 18.3 Å². The molecule has 32 heavy (non-hydrogen) atoms. The van der Waals surface area contributed by atoms with Crippen molar-refractivity contribution < 1.29 is 9.18 Å². The minimum Gasteiger partial charge on any atom is -0.355 e. The van der Waals surface area contributed by atoms with Gasteiger partial charge >= 0.3 is 0 Å². The Bertz CT molecular complexity index is 1190. The Morgan fingerprint density at radius 1 is 1.38 bits per heavy atom. The molecule has 3 rings (SSSR count). The van der Waals surface area contributed by atoms with Crippen LogP contribution in [0.1, 0.15) is 56.9 Å². The number of carbonyl (C=O) groups is 1. The Labute approximate surface area is 187 Å². The molecule has 0 aliphatic carbocycles. The summed E-state index contributed by atoms with van der Waals surface area (Å²) in [7, 11) is 0. The van der Waals surface area contributed by atoms with Crippen molar-refractivity contribution in [3.8, 4) is 0 Å². The number of fused-ring (bicyclic) bond motifs is 1. The Balaban J connectivity index is 1.85. The summed E-state index contributed by atoms with van der Waals surface area (Å²) in [5.74, 6) is -0.206. The molecule has 0 fully saturated rings. The van der Waals surface area contributed by atoms with Crippen LogP contribution < -0.4 is 10.9 Å². The van der Waals surface area contributed by atoms with Gasteiger partial charge in [0.25, 0.3) is 5.56 Å². The van der Waals surface area contributed by atoms with Crippen molar-refractivity contribution >= 4 is 22.6 Å². The van der Waals surface area contributed by atoms with Gasteiger partial charge in [0, 0.05) is 23.9 Å². The second-order valence-corrected chi connectivity index (χ2v) is 8.50. The van der Waals surface area contributed by atoms with E-state index in [9.17, 15) is 14.0 Å². The van der Waals surface area contributed by atoms with Crippen LogP contribution in [0.25, 0.3) is 11.0 Å². The Morgan fingerprint density at radius 2 is 2.16 bits per heavy atom. The Morgan fingerprint density at radius 3 is 2.88 bits per heavy atom. The molecule has 7 heteroatoms. The first-order valence-electron chi connectivity index (χ1n) is 11.1. The lowest BCUT2D eigenvalue weighted by Crippen LogP contribution is -2.26. The number of aromatic nitrogens is 3. The molecule has 0 bridgehead atoms. The van der Waals surface area contributed by atoms with Crippen molar-refractivity contribution in [3.05, 3.63) is 69.7 Å². The van der Waals surface area contributed by atoms with Gasteiger partial charge in [0.15, 0.2) is 0 Å². The van der Waals surface area contributed by atoms with Gasteiger partial charge in [0.05, 0.1) is 23.8 Å². The first kappa shape index (κ1) is 23.4. The van der Waals surface area contributed by atoms with Crippen molar-refractivity contribution in [1.29, 1.82) is 0 Å². The van der Waals surface area contributed by atoms with E-state index < -0.39 is 0 Å². The maximum absolute atomic E-state index is 14.4. The van der Waals surface area contributed by atoms with Crippen molar-refractivity contribution in [3.63, 3.8) is 0 Å². The maximum Gasteiger partial charge on any atom is 0.274 e. The number of rotatable bonds is 9. The second-order valence-electron chi connectivity index (χ2n) is 8.50. The summed E-state index contributed by atoms with van der Waals surface area (Å²) in [6.45, 7) is 8.22. The molecule has 6 nitrogen and oxygen atoms in total. The molecule has 0 aliphatic heterocycles. The summed E-state index contributed by atoms with van der Waals surface area (Å²) in [6, 6.07) is 3.34. The molecule has 0 spiro atoms. The highest BCUT2D eigenvalue weighted by Gasteiger charge is 2.17. The summed E-state index contributed by atoms with van der Waals surface area (Å²) >= 11 is 0. The van der Waals surface area contributed by atoms with Gasteiger partial charge in [-0.1, -0.05) is 26.0 Å². The molecule has 0 aliphatic rings. The molecule has 0 saturated heterocycles. The molecule has 0 unspecified atom stereocenters. The zero-order valence-electron chi connectivity index (χ0n) is 19.2. The third kappa shape index (κ3) is 5.33. The predicted octanol–water partition coefficient (Wildman–Crippen LogP) is 5.10. The molecule has 170 valence electrons. The quantitative estimate of drug-likeness (QED) is 0.360. The minimum atomic E-state index is -0.324. The van der Waals surface area contributed by atoms with Crippen LogP contribution in [-0.2, 0) is 17.8 Å². The molecule has 1 amide bonds. The largest absolute Gasteiger partial charge is 0.355 e. The predicted molar refractivity (Wildman–Crippen MR) is 126 cm³/mol. The first-order chi connectivity index (χ1) is 15.3. The van der Waals surface area contributed by atoms with Crippen LogP contribution in [0.4, 0.5) is 10.1 Å². The zero-order chi connectivity index (χ0) is 23.3. The smallest absolute Gasteiger partial charge is 0.274 e. The van der Waals surface area contributed by atoms with E-state index in [1.165, 1.54) is 10.8 Å². The van der Waals surface area contributed by atoms with Crippen LogP contribution >= 0.6 is 0 Å². The summed E-state index contributed by atoms with van der Waals surface area (Å²) in [5, 5.41) is 2.72. The van der Waals surface area contributed by atoms with Crippen molar-refractivity contribution in [2.45, 2.75) is 59.9 Å². The van der Waals surface area contributed by atoms with Gasteiger partial charge < -0.3 is 14.9 Å². The summed E-state index contributed by atoms with van der Waals surface area (Å²) in [6.07, 6.45) is 9.43. The zero-order valence-corrected chi connectivity index (χ0v) is 19.2. The van der Waals surface area contributed by atoms with Gasteiger partial charge in [-0.05, 0) is 56.7 Å². The van der Waals surface area contributed by atoms with E-state index >= 15 is 0 Å². The average molecular weight is 439 g/mol. The van der Waals surface area contributed by atoms with E-state index in [0.717, 1.165) is 29.6 Å². The van der Waals surface area contributed by atoms with E-state index in [1.807, 2.05) is 39.8 Å². The van der Waals surface area contributed by atoms with Crippen LogP contribution in [0.5, 0.6) is 0 Å². The fourth-order valence-corrected chi connectivity index (χ4v) is 3.79. The van der Waals surface area contributed by atoms with Crippen LogP contribution in [0.3, 0.4) is 0 Å². The van der Waals surface area contributed by atoms with Gasteiger partial charge in [-0.3, -0.25) is 14.6 Å². The van der Waals surface area contributed by atoms with Crippen LogP contribution in [0.15, 0.2) is 41.5 Å². The molecule has 3 heterocycles. The molecule has 3 aromatic rings. The van der Waals surface area contributed by atoms with E-state index in [-0.39, 0.29) is 29.5 Å². The normalized spacial score (nSPS) is 11.7. The summed E-state index contributed by atoms with van der Waals surface area (Å²) < 4.78 is 16.0. The van der Waals surface area contributed by atoms with Gasteiger partial charge in [0.1, 0.15) is 11.5 Å². The number of pyridine rings is 2. The second kappa shape index (κ2) is 10.4. The number of anilines is 1. The molecule has 3 aromatic heterocycles. The number of hydrogen-bond acceptors (Lipinski definition) is 3. The highest BCUT2D eigenvalue weighted by molar-refractivity contribution is 5.90. The monoisotopic (exact) mass is 438 g/mol. The lowest BCUT2D eigenvalue weighted by Gasteiger charge is -2.09. The summed E-state index contributed by atoms with van der Waals surface area (Å²) in [5.41, 5.74) is 3.66. The van der Waals surface area contributed by atoms with E-state index in [0.29, 0.717) is 29.8 Å². The maximum atomic E-state index is 14.4. The number of nitrogens with zero attached hydrogens (tertiary/aromatic N) is 2. The third-order valence-corrected chi connectivity index (χ3v) is 5.46. The standard InChI is InChI=1S/C25H31FN4O2/c1-5-6-7-8-11-22(31)28-20-10-9-12-30(25(20)32)15-21-17(4)23-24(29-21)18(13-16(2)3)19(26)14-27-23/h5-6,9-10,12,14,16,29H,7-8,11,13,15H2,1-4H3,(H,28,31)/b6-5+. The third-order valence-electron chi connectivity index (χ3n) is 5.46. The van der Waals surface area contributed by atoms with Crippen molar-refractivity contribution in [2.24, 2.45) is 5.92 Å². The number of carbonyl (C=O) groups excluding carboxylic acids is 1. The fourth-order valence-electron chi connectivity index (χ4n) is 3.79. The highest BCUT2D eigenvalue weighted by Crippen LogP contribution is 2.26. The lowest BCUT2D eigenvalue weighted by molar-refractivity contribution is -0.116. The Hall–Kier alpha value is -3.22. The molecule has 0 atom stereocenters. The number of nitrogens with one attached hydrogen (secondary N) is 2. The molecular weight excluding hydrogens is 407 g/mol. The van der Waals surface area contributed by atoms with Crippen LogP contribution in [0.2, 0.25) is 0 Å². The number of allylic oxidation sites excluding steroid dienone is 2. The molecular formula is C25H31FN4O2. The highest BCUT2D eigenvalue weighted by atomic mass is 19.1. The molecule has 0 saturated carbocycles. The fraction of sp³-hybridized carbons (Fsp3) is 0.400. The SMILES string of the molecule is C/C=C/CCCC(=O)Nc1cccn(Cc2[nH]c3c(CC(C)C)c(F)cnc3c2C)c1=O. The number of hydrogen-bond donors (Lipinski definition) is 2. The molecule has 0 radical (unpaired) electrons. The number of halogens is 1. The van der Waals surface area contributed by atoms with Crippen LogP contribution in [-0.4, -0.2) is 20.4 Å². The Kier molecular flexibility index (Phi) is 7.62. The van der Waals surface area contributed by atoms with Crippen LogP contribution in [0, 0.1) is 18.7 Å². The van der Waals surface area contributed by atoms with E-state index in [4.69, 9.17) is 0 Å². The minimum absolute atomic E-state index is 0.177. The van der Waals surface area contributed by atoms with Crippen molar-refractivity contribution in [2.75, 3.05) is 5.32 Å². The topological polar surface area (TPSA) is 79.8 Å². The number of aromatic amines is 1. The number of amides is 1. The summed E-state index contributed by atoms with van der Waals surface area (Å²) in [4.78, 5) is 32.7. The van der Waals surface area contributed by atoms with E-state index in [2.05, 4.69) is 15.3 Å². The van der Waals surface area contributed by atoms with Gasteiger partial charge in [-0.25, -0.2) is 4.39 Å². The molecule has 2 N–H and O–H groups in total. The van der Waals surface area contributed by atoms with Crippen molar-refractivity contribution in [1.82, 2.24) is 14.5 Å². The number of unbranched alkanes of at least 4 members (excludes halogenated alkanes) is 1. The molecule has 0 aromatic carbocycles. The average Bonchev–Trinajstić information content (AvgIpc) is 3.06. The number of H-pyrrole nitrogens is 1. The van der Waals surface area contributed by atoms with Gasteiger partial charge in [0.2, 0.25) is 5.91 Å². The lowest BCUT2D eigenvalue weighted by atomic mass is 10.0. The first-order valence-corrected chi connectivity index (χ1v) is 11.1. The van der Waals surface area contributed by atoms with Gasteiger partial charge in [-0.2, -0.15) is 0 Å².